The number of rotatable bonds is 5. The molecule has 12 heavy (non-hydrogen) atoms. The van der Waals surface area contributed by atoms with Crippen LogP contribution in [0.2, 0.25) is 0 Å². The van der Waals surface area contributed by atoms with E-state index >= 15 is 0 Å². The van der Waals surface area contributed by atoms with Crippen molar-refractivity contribution < 1.29 is 15.3 Å². The van der Waals surface area contributed by atoms with Gasteiger partial charge in [-0.1, -0.05) is 19.1 Å². The van der Waals surface area contributed by atoms with E-state index < -0.39 is 6.29 Å². The van der Waals surface area contributed by atoms with E-state index in [9.17, 15) is 0 Å². The van der Waals surface area contributed by atoms with Crippen LogP contribution in [0, 0.1) is 5.92 Å². The molecule has 0 aromatic carbocycles. The molecule has 0 aromatic heterocycles. The van der Waals surface area contributed by atoms with Crippen LogP contribution in [0.15, 0.2) is 12.2 Å². The molecule has 0 aromatic rings. The highest BCUT2D eigenvalue weighted by Gasteiger charge is 2.05. The highest BCUT2D eigenvalue weighted by molar-refractivity contribution is 4.84. The molecule has 0 saturated heterocycles. The zero-order chi connectivity index (χ0) is 9.56. The Balaban J connectivity index is 3.46. The largest absolute Gasteiger partial charge is 0.393 e. The Morgan fingerprint density at radius 1 is 1.00 bits per heavy atom. The zero-order valence-electron chi connectivity index (χ0n) is 7.64. The summed E-state index contributed by atoms with van der Waals surface area (Å²) in [4.78, 5) is 0. The maximum Gasteiger partial charge on any atom is 0.154 e. The second-order valence-corrected chi connectivity index (χ2v) is 3.14. The number of hydrogen-bond donors (Lipinski definition) is 3. The van der Waals surface area contributed by atoms with Crippen LogP contribution in [0.5, 0.6) is 0 Å². The van der Waals surface area contributed by atoms with Crippen LogP contribution >= 0.6 is 0 Å². The normalized spacial score (nSPS) is 17.2. The maximum atomic E-state index is 9.10. The van der Waals surface area contributed by atoms with Crippen LogP contribution in [0.25, 0.3) is 0 Å². The van der Waals surface area contributed by atoms with Gasteiger partial charge in [0.15, 0.2) is 6.29 Å². The van der Waals surface area contributed by atoms with E-state index in [0.717, 1.165) is 6.42 Å². The van der Waals surface area contributed by atoms with Crippen molar-refractivity contribution in [2.24, 2.45) is 5.92 Å². The van der Waals surface area contributed by atoms with Gasteiger partial charge in [-0.05, 0) is 19.3 Å². The van der Waals surface area contributed by atoms with E-state index in [0.29, 0.717) is 0 Å². The lowest BCUT2D eigenvalue weighted by atomic mass is 10.0. The van der Waals surface area contributed by atoms with Crippen LogP contribution in [-0.4, -0.2) is 27.7 Å². The third-order valence-electron chi connectivity index (χ3n) is 1.84. The van der Waals surface area contributed by atoms with E-state index in [1.165, 1.54) is 0 Å². The maximum absolute atomic E-state index is 9.10. The molecule has 0 radical (unpaired) electrons. The van der Waals surface area contributed by atoms with Gasteiger partial charge in [-0.15, -0.1) is 0 Å². The molecule has 0 saturated carbocycles. The number of aliphatic hydroxyl groups excluding tert-OH is 2. The minimum absolute atomic E-state index is 0.220. The molecule has 0 bridgehead atoms. The molecule has 3 heteroatoms. The molecule has 0 aliphatic rings. The van der Waals surface area contributed by atoms with Crippen LogP contribution in [0.3, 0.4) is 0 Å². The van der Waals surface area contributed by atoms with Crippen molar-refractivity contribution in [3.05, 3.63) is 12.2 Å². The van der Waals surface area contributed by atoms with E-state index in [1.54, 1.807) is 13.0 Å². The van der Waals surface area contributed by atoms with Crippen molar-refractivity contribution in [3.8, 4) is 0 Å². The van der Waals surface area contributed by atoms with E-state index in [4.69, 9.17) is 15.3 Å². The van der Waals surface area contributed by atoms with Gasteiger partial charge >= 0.3 is 0 Å². The fraction of sp³-hybridized carbons (Fsp3) is 0.778. The summed E-state index contributed by atoms with van der Waals surface area (Å²) < 4.78 is 0. The van der Waals surface area contributed by atoms with Crippen molar-refractivity contribution in [1.29, 1.82) is 0 Å². The molecule has 0 rings (SSSR count). The lowest BCUT2D eigenvalue weighted by Crippen LogP contribution is -2.11. The number of aliphatic hydroxyl groups is 3. The summed E-state index contributed by atoms with van der Waals surface area (Å²) in [6.07, 6.45) is 3.02. The molecule has 0 aliphatic heterocycles. The molecule has 0 aliphatic carbocycles. The first-order chi connectivity index (χ1) is 5.54. The SMILES string of the molecule is C[C@H](O)[C@H](C)C/C=C/CC(O)O. The van der Waals surface area contributed by atoms with Gasteiger partial charge in [0, 0.05) is 6.42 Å². The van der Waals surface area contributed by atoms with Gasteiger partial charge in [0.1, 0.15) is 0 Å². The second kappa shape index (κ2) is 6.17. The first-order valence-electron chi connectivity index (χ1n) is 4.23. The minimum atomic E-state index is -1.26. The van der Waals surface area contributed by atoms with Crippen molar-refractivity contribution in [2.75, 3.05) is 0 Å². The molecular formula is C9H18O3. The monoisotopic (exact) mass is 174 g/mol. The quantitative estimate of drug-likeness (QED) is 0.423. The molecule has 3 N–H and O–H groups in total. The summed E-state index contributed by atoms with van der Waals surface area (Å²) in [5.74, 6) is 0.220. The average Bonchev–Trinajstić information content (AvgIpc) is 1.97. The molecular weight excluding hydrogens is 156 g/mol. The van der Waals surface area contributed by atoms with Gasteiger partial charge in [-0.25, -0.2) is 0 Å². The summed E-state index contributed by atoms with van der Waals surface area (Å²) in [7, 11) is 0. The predicted octanol–water partition coefficient (Wildman–Crippen LogP) is 0.650. The molecule has 2 atom stereocenters. The van der Waals surface area contributed by atoms with Crippen LogP contribution in [-0.2, 0) is 0 Å². The van der Waals surface area contributed by atoms with E-state index in [1.807, 2.05) is 13.0 Å². The van der Waals surface area contributed by atoms with Crippen LogP contribution in [0.4, 0.5) is 0 Å². The van der Waals surface area contributed by atoms with Gasteiger partial charge in [0.05, 0.1) is 6.10 Å². The number of allylic oxidation sites excluding steroid dienone is 1. The van der Waals surface area contributed by atoms with Gasteiger partial charge in [0.2, 0.25) is 0 Å². The predicted molar refractivity (Wildman–Crippen MR) is 47.4 cm³/mol. The average molecular weight is 174 g/mol. The van der Waals surface area contributed by atoms with Crippen molar-refractivity contribution in [1.82, 2.24) is 0 Å². The smallest absolute Gasteiger partial charge is 0.154 e. The molecule has 3 nitrogen and oxygen atoms in total. The molecule has 0 heterocycles. The Bertz CT molecular complexity index is 130. The van der Waals surface area contributed by atoms with Crippen LogP contribution in [0.1, 0.15) is 26.7 Å². The molecule has 72 valence electrons. The molecule has 0 unspecified atom stereocenters. The Kier molecular flexibility index (Phi) is 5.98. The summed E-state index contributed by atoms with van der Waals surface area (Å²) in [5, 5.41) is 26.1. The summed E-state index contributed by atoms with van der Waals surface area (Å²) in [6, 6.07) is 0. The van der Waals surface area contributed by atoms with Gasteiger partial charge < -0.3 is 15.3 Å². The first-order valence-corrected chi connectivity index (χ1v) is 4.23. The number of hydrogen-bond acceptors (Lipinski definition) is 3. The van der Waals surface area contributed by atoms with E-state index in [2.05, 4.69) is 0 Å². The zero-order valence-corrected chi connectivity index (χ0v) is 7.64. The Labute approximate surface area is 73.4 Å². The van der Waals surface area contributed by atoms with Crippen molar-refractivity contribution in [2.45, 2.75) is 39.1 Å². The molecule has 0 fully saturated rings. The Morgan fingerprint density at radius 3 is 1.92 bits per heavy atom. The van der Waals surface area contributed by atoms with Crippen molar-refractivity contribution >= 4 is 0 Å². The topological polar surface area (TPSA) is 60.7 Å². The van der Waals surface area contributed by atoms with Gasteiger partial charge in [-0.2, -0.15) is 0 Å². The lowest BCUT2D eigenvalue weighted by Gasteiger charge is -2.11. The standard InChI is InChI=1S/C9H18O3/c1-7(8(2)10)5-3-4-6-9(11)12/h3-4,7-12H,5-6H2,1-2H3/b4-3+/t7-,8+/m1/s1. The highest BCUT2D eigenvalue weighted by atomic mass is 16.5. The second-order valence-electron chi connectivity index (χ2n) is 3.14. The molecule has 0 amide bonds. The molecule has 0 spiro atoms. The third-order valence-corrected chi connectivity index (χ3v) is 1.84. The first kappa shape index (κ1) is 11.6. The van der Waals surface area contributed by atoms with Gasteiger partial charge in [0.25, 0.3) is 0 Å². The third kappa shape index (κ3) is 6.34. The fourth-order valence-corrected chi connectivity index (χ4v) is 0.726. The Morgan fingerprint density at radius 2 is 1.50 bits per heavy atom. The van der Waals surface area contributed by atoms with Crippen molar-refractivity contribution in [3.63, 3.8) is 0 Å². The lowest BCUT2D eigenvalue weighted by molar-refractivity contribution is -0.0361. The van der Waals surface area contributed by atoms with E-state index in [-0.39, 0.29) is 18.4 Å². The fourth-order valence-electron chi connectivity index (χ4n) is 0.726. The van der Waals surface area contributed by atoms with Gasteiger partial charge in [-0.3, -0.25) is 0 Å². The summed E-state index contributed by atoms with van der Waals surface area (Å²) >= 11 is 0. The highest BCUT2D eigenvalue weighted by Crippen LogP contribution is 2.08. The summed E-state index contributed by atoms with van der Waals surface area (Å²) in [5.41, 5.74) is 0. The van der Waals surface area contributed by atoms with Crippen LogP contribution < -0.4 is 0 Å². The minimum Gasteiger partial charge on any atom is -0.393 e. The summed E-state index contributed by atoms with van der Waals surface area (Å²) in [6.45, 7) is 3.70. The Hall–Kier alpha value is -0.380.